The van der Waals surface area contributed by atoms with E-state index >= 15 is 0 Å². The third-order valence-corrected chi connectivity index (χ3v) is 3.97. The molecule has 2 aromatic rings. The predicted molar refractivity (Wildman–Crippen MR) is 87.5 cm³/mol. The molecule has 0 radical (unpaired) electrons. The molecule has 2 amide bonds. The van der Waals surface area contributed by atoms with Crippen LogP contribution in [0.5, 0.6) is 0 Å². The highest BCUT2D eigenvalue weighted by Crippen LogP contribution is 2.20. The van der Waals surface area contributed by atoms with Gasteiger partial charge in [0.2, 0.25) is 0 Å². The zero-order valence-corrected chi connectivity index (χ0v) is 13.4. The topological polar surface area (TPSA) is 91.6 Å². The average Bonchev–Trinajstić information content (AvgIpc) is 3.20. The Hall–Kier alpha value is -2.60. The van der Waals surface area contributed by atoms with Crippen molar-refractivity contribution in [3.05, 3.63) is 59.5 Å². The lowest BCUT2D eigenvalue weighted by molar-refractivity contribution is 0.0330. The van der Waals surface area contributed by atoms with Crippen molar-refractivity contribution in [1.82, 2.24) is 10.6 Å². The molecule has 0 bridgehead atoms. The summed E-state index contributed by atoms with van der Waals surface area (Å²) < 4.78 is 5.17. The Bertz CT molecular complexity index is 716. The Labute approximate surface area is 139 Å². The molecule has 1 aliphatic rings. The van der Waals surface area contributed by atoms with E-state index in [0.29, 0.717) is 22.9 Å². The molecule has 1 saturated carbocycles. The van der Waals surface area contributed by atoms with Crippen LogP contribution in [0.2, 0.25) is 0 Å². The van der Waals surface area contributed by atoms with Crippen molar-refractivity contribution in [2.24, 2.45) is 0 Å². The minimum atomic E-state index is -1.29. The second-order valence-corrected chi connectivity index (χ2v) is 6.26. The highest BCUT2D eigenvalue weighted by molar-refractivity contribution is 5.98. The van der Waals surface area contributed by atoms with E-state index in [4.69, 9.17) is 4.42 Å². The molecule has 1 heterocycles. The summed E-state index contributed by atoms with van der Waals surface area (Å²) in [7, 11) is 0. The molecule has 0 aliphatic heterocycles. The van der Waals surface area contributed by atoms with Crippen LogP contribution >= 0.6 is 0 Å². The van der Waals surface area contributed by atoms with Gasteiger partial charge >= 0.3 is 0 Å². The van der Waals surface area contributed by atoms with Gasteiger partial charge in [0.15, 0.2) is 0 Å². The van der Waals surface area contributed by atoms with Crippen molar-refractivity contribution in [3.63, 3.8) is 0 Å². The summed E-state index contributed by atoms with van der Waals surface area (Å²) >= 11 is 0. The first-order chi connectivity index (χ1) is 11.5. The van der Waals surface area contributed by atoms with Gasteiger partial charge in [-0.05, 0) is 56.2 Å². The molecule has 0 spiro atoms. The van der Waals surface area contributed by atoms with Crippen LogP contribution in [0, 0.1) is 0 Å². The molecule has 24 heavy (non-hydrogen) atoms. The fourth-order valence-corrected chi connectivity index (χ4v) is 2.30. The van der Waals surface area contributed by atoms with Crippen LogP contribution in [-0.2, 0) is 5.60 Å². The van der Waals surface area contributed by atoms with Crippen LogP contribution in [0.25, 0.3) is 0 Å². The largest absolute Gasteiger partial charge is 0.466 e. The van der Waals surface area contributed by atoms with Gasteiger partial charge < -0.3 is 20.2 Å². The predicted octanol–water partition coefficient (Wildman–Crippen LogP) is 1.81. The third-order valence-electron chi connectivity index (χ3n) is 3.97. The average molecular weight is 328 g/mol. The quantitative estimate of drug-likeness (QED) is 0.754. The molecule has 6 heteroatoms. The summed E-state index contributed by atoms with van der Waals surface area (Å²) in [5.74, 6) is -0.0592. The number of carbonyl (C=O) groups excluding carboxylic acids is 2. The van der Waals surface area contributed by atoms with Crippen molar-refractivity contribution in [2.45, 2.75) is 31.4 Å². The number of furan rings is 1. The summed E-state index contributed by atoms with van der Waals surface area (Å²) in [6.45, 7) is 1.58. The number of carbonyl (C=O) groups is 2. The lowest BCUT2D eigenvalue weighted by atomic mass is 10.0. The van der Waals surface area contributed by atoms with E-state index in [1.807, 2.05) is 0 Å². The Morgan fingerprint density at radius 3 is 2.33 bits per heavy atom. The fraction of sp³-hybridized carbons (Fsp3) is 0.333. The van der Waals surface area contributed by atoms with E-state index in [9.17, 15) is 14.7 Å². The fourth-order valence-electron chi connectivity index (χ4n) is 2.30. The summed E-state index contributed by atoms with van der Waals surface area (Å²) in [4.78, 5) is 24.1. The molecule has 3 rings (SSSR count). The number of hydrogen-bond donors (Lipinski definition) is 3. The lowest BCUT2D eigenvalue weighted by Gasteiger charge is -2.21. The molecular formula is C18H20N2O4. The first-order valence-corrected chi connectivity index (χ1v) is 7.91. The number of aliphatic hydroxyl groups is 1. The Morgan fingerprint density at radius 1 is 1.17 bits per heavy atom. The van der Waals surface area contributed by atoms with E-state index in [2.05, 4.69) is 10.6 Å². The van der Waals surface area contributed by atoms with Gasteiger partial charge in [-0.2, -0.15) is 0 Å². The van der Waals surface area contributed by atoms with Gasteiger partial charge in [0, 0.05) is 17.2 Å². The SMILES string of the molecule is CC(O)(CNC(=O)c1ccc(C(=O)NC2CC2)cc1)c1ccco1. The summed E-state index contributed by atoms with van der Waals surface area (Å²) in [6, 6.07) is 10.1. The van der Waals surface area contributed by atoms with Crippen LogP contribution in [-0.4, -0.2) is 29.5 Å². The van der Waals surface area contributed by atoms with Crippen LogP contribution in [0.3, 0.4) is 0 Å². The maximum atomic E-state index is 12.2. The smallest absolute Gasteiger partial charge is 0.251 e. The highest BCUT2D eigenvalue weighted by Gasteiger charge is 2.27. The highest BCUT2D eigenvalue weighted by atomic mass is 16.4. The number of amides is 2. The van der Waals surface area contributed by atoms with E-state index in [0.717, 1.165) is 12.8 Å². The summed E-state index contributed by atoms with van der Waals surface area (Å²) in [5, 5.41) is 15.9. The van der Waals surface area contributed by atoms with Gasteiger partial charge in [-0.25, -0.2) is 0 Å². The number of nitrogens with one attached hydrogen (secondary N) is 2. The van der Waals surface area contributed by atoms with Crippen LogP contribution in [0.4, 0.5) is 0 Å². The van der Waals surface area contributed by atoms with E-state index < -0.39 is 5.60 Å². The Balaban J connectivity index is 1.57. The molecule has 3 N–H and O–H groups in total. The Morgan fingerprint density at radius 2 is 1.79 bits per heavy atom. The van der Waals surface area contributed by atoms with Crippen molar-refractivity contribution in [1.29, 1.82) is 0 Å². The molecule has 0 saturated heterocycles. The molecule has 1 aliphatic carbocycles. The maximum absolute atomic E-state index is 12.2. The molecule has 6 nitrogen and oxygen atoms in total. The number of benzene rings is 1. The van der Waals surface area contributed by atoms with Crippen LogP contribution < -0.4 is 10.6 Å². The Kier molecular flexibility index (Phi) is 4.40. The van der Waals surface area contributed by atoms with Crippen molar-refractivity contribution >= 4 is 11.8 Å². The monoisotopic (exact) mass is 328 g/mol. The van der Waals surface area contributed by atoms with Crippen molar-refractivity contribution in [2.75, 3.05) is 6.54 Å². The van der Waals surface area contributed by atoms with Crippen LogP contribution in [0.15, 0.2) is 47.1 Å². The zero-order valence-electron chi connectivity index (χ0n) is 13.4. The van der Waals surface area contributed by atoms with Gasteiger partial charge in [-0.15, -0.1) is 0 Å². The van der Waals surface area contributed by atoms with Gasteiger partial charge in [-0.1, -0.05) is 0 Å². The summed E-state index contributed by atoms with van der Waals surface area (Å²) in [5.41, 5.74) is -0.335. The first kappa shape index (κ1) is 16.3. The van der Waals surface area contributed by atoms with E-state index in [-0.39, 0.29) is 18.4 Å². The first-order valence-electron chi connectivity index (χ1n) is 7.91. The molecule has 1 atom stereocenters. The molecule has 126 valence electrons. The zero-order chi connectivity index (χ0) is 17.2. The second kappa shape index (κ2) is 6.49. The van der Waals surface area contributed by atoms with Gasteiger partial charge in [0.25, 0.3) is 11.8 Å². The van der Waals surface area contributed by atoms with Gasteiger partial charge in [0.05, 0.1) is 12.8 Å². The van der Waals surface area contributed by atoms with E-state index in [1.165, 1.54) is 6.26 Å². The lowest BCUT2D eigenvalue weighted by Crippen LogP contribution is -2.38. The number of hydrogen-bond acceptors (Lipinski definition) is 4. The van der Waals surface area contributed by atoms with Crippen molar-refractivity contribution < 1.29 is 19.1 Å². The van der Waals surface area contributed by atoms with Gasteiger partial charge in [-0.3, -0.25) is 9.59 Å². The van der Waals surface area contributed by atoms with E-state index in [1.54, 1.807) is 43.3 Å². The molecular weight excluding hydrogens is 308 g/mol. The standard InChI is InChI=1S/C18H20N2O4/c1-18(23,15-3-2-10-24-15)11-19-16(21)12-4-6-13(7-5-12)17(22)20-14-8-9-14/h2-7,10,14,23H,8-9,11H2,1H3,(H,19,21)(H,20,22). The maximum Gasteiger partial charge on any atom is 0.251 e. The number of rotatable bonds is 6. The molecule has 1 aromatic carbocycles. The molecule has 1 aromatic heterocycles. The van der Waals surface area contributed by atoms with Crippen molar-refractivity contribution in [3.8, 4) is 0 Å². The molecule has 1 fully saturated rings. The minimum Gasteiger partial charge on any atom is -0.466 e. The third kappa shape index (κ3) is 3.83. The molecule has 1 unspecified atom stereocenters. The summed E-state index contributed by atoms with van der Waals surface area (Å²) in [6.07, 6.45) is 3.53. The van der Waals surface area contributed by atoms with Gasteiger partial charge in [0.1, 0.15) is 11.4 Å². The minimum absolute atomic E-state index is 0.0171. The van der Waals surface area contributed by atoms with Crippen LogP contribution in [0.1, 0.15) is 46.2 Å². The normalized spacial score (nSPS) is 16.2. The second-order valence-electron chi connectivity index (χ2n) is 6.26.